The summed E-state index contributed by atoms with van der Waals surface area (Å²) < 4.78 is 14.7. The van der Waals surface area contributed by atoms with Crippen LogP contribution in [0.4, 0.5) is 5.69 Å². The lowest BCUT2D eigenvalue weighted by Crippen LogP contribution is -2.41. The van der Waals surface area contributed by atoms with E-state index in [9.17, 15) is 4.79 Å². The van der Waals surface area contributed by atoms with Crippen molar-refractivity contribution in [3.63, 3.8) is 0 Å². The zero-order valence-corrected chi connectivity index (χ0v) is 21.3. The fourth-order valence-corrected chi connectivity index (χ4v) is 4.81. The van der Waals surface area contributed by atoms with Crippen molar-refractivity contribution in [1.82, 2.24) is 9.13 Å². The van der Waals surface area contributed by atoms with E-state index in [0.717, 1.165) is 28.9 Å². The molecule has 0 atom stereocenters. The first-order chi connectivity index (χ1) is 16.3. The largest absolute Gasteiger partial charge is 0.493 e. The average Bonchev–Trinajstić information content (AvgIpc) is 2.83. The molecular weight excluding hydrogens is 426 g/mol. The molecule has 34 heavy (non-hydrogen) atoms. The average molecular weight is 462 g/mol. The first-order valence-corrected chi connectivity index (χ1v) is 12.1. The summed E-state index contributed by atoms with van der Waals surface area (Å²) in [7, 11) is 3.28. The molecule has 0 N–H and O–H groups in total. The smallest absolute Gasteiger partial charge is 0.330 e. The number of hydrogen-bond donors (Lipinski definition) is 0. The molecule has 0 spiro atoms. The minimum atomic E-state index is -0.0349. The molecule has 3 aromatic rings. The van der Waals surface area contributed by atoms with E-state index < -0.39 is 0 Å². The highest BCUT2D eigenvalue weighted by atomic mass is 16.5. The van der Waals surface area contributed by atoms with Gasteiger partial charge in [0.15, 0.2) is 11.5 Å². The van der Waals surface area contributed by atoms with E-state index in [1.807, 2.05) is 23.6 Å². The second-order valence-electron chi connectivity index (χ2n) is 9.39. The minimum absolute atomic E-state index is 0.0349. The third-order valence-corrected chi connectivity index (χ3v) is 6.67. The van der Waals surface area contributed by atoms with Gasteiger partial charge in [-0.1, -0.05) is 45.9 Å². The van der Waals surface area contributed by atoms with Crippen molar-refractivity contribution in [2.75, 3.05) is 14.2 Å². The molecule has 0 saturated heterocycles. The molecule has 6 heteroatoms. The summed E-state index contributed by atoms with van der Waals surface area (Å²) in [6.45, 7) is 11.9. The zero-order valence-electron chi connectivity index (χ0n) is 21.3. The molecule has 4 rings (SSSR count). The number of para-hydroxylation sites is 1. The molecule has 2 aromatic carbocycles. The molecule has 1 aromatic heterocycles. The van der Waals surface area contributed by atoms with E-state index in [1.54, 1.807) is 18.8 Å². The van der Waals surface area contributed by atoms with Gasteiger partial charge >= 0.3 is 5.69 Å². The van der Waals surface area contributed by atoms with Crippen LogP contribution in [0.25, 0.3) is 11.3 Å². The first-order valence-electron chi connectivity index (χ1n) is 12.1. The van der Waals surface area contributed by atoms with Gasteiger partial charge in [0.05, 0.1) is 25.6 Å². The highest BCUT2D eigenvalue weighted by Crippen LogP contribution is 2.38. The molecule has 0 radical (unpaired) electrons. The molecule has 1 aliphatic heterocycles. The summed E-state index contributed by atoms with van der Waals surface area (Å²) in [5.41, 5.74) is 7.00. The first kappa shape index (κ1) is 23.9. The van der Waals surface area contributed by atoms with Crippen molar-refractivity contribution < 1.29 is 9.47 Å². The third kappa shape index (κ3) is 4.06. The number of aryl methyl sites for hydroxylation is 1. The Kier molecular flexibility index (Phi) is 6.69. The number of hydrogen-bond acceptors (Lipinski definition) is 4. The summed E-state index contributed by atoms with van der Waals surface area (Å²) in [4.78, 5) is 18.8. The Morgan fingerprint density at radius 2 is 1.59 bits per heavy atom. The van der Waals surface area contributed by atoms with Crippen LogP contribution in [0.2, 0.25) is 0 Å². The monoisotopic (exact) mass is 461 g/mol. The van der Waals surface area contributed by atoms with Gasteiger partial charge < -0.3 is 9.47 Å². The fraction of sp³-hybridized carbons (Fsp3) is 0.429. The number of aromatic nitrogens is 2. The maximum atomic E-state index is 13.6. The molecule has 0 saturated carbocycles. The zero-order chi connectivity index (χ0) is 24.6. The van der Waals surface area contributed by atoms with Crippen LogP contribution < -0.4 is 20.7 Å². The van der Waals surface area contributed by atoms with Gasteiger partial charge in [-0.05, 0) is 54.0 Å². The standard InChI is InChI=1S/C28H35N3O3/c1-8-30-26(29-27-20(17(2)3)10-9-11-21(27)18(4)5)16-23-22-15-25(34-7)24(33-6)14-19(22)12-13-31(23)28(30)32/h9-11,14-18H,8,12-13H2,1-7H3. The topological polar surface area (TPSA) is 57.8 Å². The molecule has 1 aliphatic rings. The van der Waals surface area contributed by atoms with E-state index in [1.165, 1.54) is 11.1 Å². The van der Waals surface area contributed by atoms with Crippen molar-refractivity contribution in [3.8, 4) is 22.8 Å². The molecule has 0 aliphatic carbocycles. The Morgan fingerprint density at radius 1 is 0.971 bits per heavy atom. The van der Waals surface area contributed by atoms with Crippen molar-refractivity contribution in [1.29, 1.82) is 0 Å². The van der Waals surface area contributed by atoms with Gasteiger partial charge in [-0.25, -0.2) is 9.79 Å². The second-order valence-corrected chi connectivity index (χ2v) is 9.39. The lowest BCUT2D eigenvalue weighted by molar-refractivity contribution is 0.354. The number of methoxy groups -OCH3 is 2. The Balaban J connectivity index is 2.05. The number of ether oxygens (including phenoxy) is 2. The van der Waals surface area contributed by atoms with Gasteiger partial charge in [0.1, 0.15) is 5.49 Å². The maximum absolute atomic E-state index is 13.6. The van der Waals surface area contributed by atoms with Gasteiger partial charge in [-0.3, -0.25) is 9.13 Å². The van der Waals surface area contributed by atoms with Crippen LogP contribution in [-0.2, 0) is 19.5 Å². The van der Waals surface area contributed by atoms with Crippen LogP contribution in [0.3, 0.4) is 0 Å². The van der Waals surface area contributed by atoms with Gasteiger partial charge in [-0.15, -0.1) is 0 Å². The fourth-order valence-electron chi connectivity index (χ4n) is 4.81. The van der Waals surface area contributed by atoms with Crippen molar-refractivity contribution >= 4 is 5.69 Å². The maximum Gasteiger partial charge on any atom is 0.330 e. The molecule has 0 unspecified atom stereocenters. The molecular formula is C28H35N3O3. The molecule has 180 valence electrons. The third-order valence-electron chi connectivity index (χ3n) is 6.67. The summed E-state index contributed by atoms with van der Waals surface area (Å²) in [6, 6.07) is 12.4. The highest BCUT2D eigenvalue weighted by Gasteiger charge is 2.22. The Hall–Kier alpha value is -3.28. The molecule has 2 heterocycles. The van der Waals surface area contributed by atoms with Crippen LogP contribution in [0.5, 0.6) is 11.5 Å². The van der Waals surface area contributed by atoms with Crippen molar-refractivity contribution in [2.24, 2.45) is 4.99 Å². The van der Waals surface area contributed by atoms with Crippen molar-refractivity contribution in [2.45, 2.75) is 66.0 Å². The van der Waals surface area contributed by atoms with E-state index in [-0.39, 0.29) is 5.69 Å². The Labute approximate surface area is 201 Å². The van der Waals surface area contributed by atoms with Crippen molar-refractivity contribution in [3.05, 3.63) is 69.1 Å². The second kappa shape index (κ2) is 9.53. The van der Waals surface area contributed by atoms with Gasteiger partial charge in [0.2, 0.25) is 0 Å². The molecule has 0 bridgehead atoms. The number of fused-ring (bicyclic) bond motifs is 3. The highest BCUT2D eigenvalue weighted by molar-refractivity contribution is 5.70. The Morgan fingerprint density at radius 3 is 2.15 bits per heavy atom. The van der Waals surface area contributed by atoms with E-state index in [2.05, 4.69) is 52.0 Å². The lowest BCUT2D eigenvalue weighted by atomic mass is 9.93. The predicted octanol–water partition coefficient (Wildman–Crippen LogP) is 5.39. The Bertz CT molecular complexity index is 1320. The van der Waals surface area contributed by atoms with Crippen LogP contribution >= 0.6 is 0 Å². The van der Waals surface area contributed by atoms with Crippen LogP contribution in [0, 0.1) is 0 Å². The quantitative estimate of drug-likeness (QED) is 0.495. The normalized spacial score (nSPS) is 13.3. The van der Waals surface area contributed by atoms with Crippen LogP contribution in [0.1, 0.15) is 63.1 Å². The number of benzene rings is 2. The van der Waals surface area contributed by atoms with E-state index in [0.29, 0.717) is 41.9 Å². The van der Waals surface area contributed by atoms with Gasteiger partial charge in [0.25, 0.3) is 0 Å². The van der Waals surface area contributed by atoms with Crippen LogP contribution in [0.15, 0.2) is 46.2 Å². The van der Waals surface area contributed by atoms with Gasteiger partial charge in [0, 0.05) is 24.7 Å². The van der Waals surface area contributed by atoms with E-state index >= 15 is 0 Å². The van der Waals surface area contributed by atoms with Gasteiger partial charge in [-0.2, -0.15) is 0 Å². The van der Waals surface area contributed by atoms with Crippen LogP contribution in [-0.4, -0.2) is 23.4 Å². The number of nitrogens with zero attached hydrogens (tertiary/aromatic N) is 3. The molecule has 0 fully saturated rings. The van der Waals surface area contributed by atoms with E-state index in [4.69, 9.17) is 14.5 Å². The SMILES string of the molecule is CCn1c(=Nc2c(C(C)C)cccc2C(C)C)cc2n(c1=O)CCc1cc(OC)c(OC)cc1-2. The summed E-state index contributed by atoms with van der Waals surface area (Å²) in [5, 5.41) is 0. The molecule has 0 amide bonds. The summed E-state index contributed by atoms with van der Waals surface area (Å²) in [6.07, 6.45) is 0.760. The lowest BCUT2D eigenvalue weighted by Gasteiger charge is -2.24. The predicted molar refractivity (Wildman–Crippen MR) is 136 cm³/mol. The number of rotatable bonds is 6. The minimum Gasteiger partial charge on any atom is -0.493 e. The summed E-state index contributed by atoms with van der Waals surface area (Å²) in [5.74, 6) is 2.00. The molecule has 6 nitrogen and oxygen atoms in total. The summed E-state index contributed by atoms with van der Waals surface area (Å²) >= 11 is 0.